The first kappa shape index (κ1) is 11.1. The van der Waals surface area contributed by atoms with Crippen molar-refractivity contribution in [1.29, 1.82) is 0 Å². The lowest BCUT2D eigenvalue weighted by Crippen LogP contribution is -2.02. The van der Waals surface area contributed by atoms with Crippen molar-refractivity contribution in [2.24, 2.45) is 0 Å². The lowest BCUT2D eigenvalue weighted by Gasteiger charge is -2.14. The summed E-state index contributed by atoms with van der Waals surface area (Å²) in [6.45, 7) is 0. The first-order valence-electron chi connectivity index (χ1n) is 5.18. The van der Waals surface area contributed by atoms with Gasteiger partial charge in [-0.25, -0.2) is 0 Å². The van der Waals surface area contributed by atoms with Crippen molar-refractivity contribution >= 4 is 17.8 Å². The number of thioether (sulfide) groups is 1. The second-order valence-electron chi connectivity index (χ2n) is 3.60. The highest BCUT2D eigenvalue weighted by molar-refractivity contribution is 7.99. The SMILES string of the molecule is CSC1C=CC=CC1=Cc1ccccc1O. The number of allylic oxidation sites excluding steroid dienone is 3. The van der Waals surface area contributed by atoms with Gasteiger partial charge in [-0.2, -0.15) is 11.8 Å². The van der Waals surface area contributed by atoms with Crippen molar-refractivity contribution in [3.05, 3.63) is 59.7 Å². The molecule has 1 nitrogen and oxygen atoms in total. The largest absolute Gasteiger partial charge is 0.507 e. The Balaban J connectivity index is 2.33. The average molecular weight is 230 g/mol. The highest BCUT2D eigenvalue weighted by atomic mass is 32.2. The Hall–Kier alpha value is -1.41. The third-order valence-corrected chi connectivity index (χ3v) is 3.46. The fourth-order valence-corrected chi connectivity index (χ4v) is 2.34. The number of benzene rings is 1. The molecule has 1 N–H and O–H groups in total. The Morgan fingerprint density at radius 3 is 2.81 bits per heavy atom. The van der Waals surface area contributed by atoms with E-state index in [9.17, 15) is 5.11 Å². The van der Waals surface area contributed by atoms with Crippen molar-refractivity contribution in [1.82, 2.24) is 0 Å². The molecule has 0 spiro atoms. The first-order valence-corrected chi connectivity index (χ1v) is 6.47. The number of para-hydroxylation sites is 1. The summed E-state index contributed by atoms with van der Waals surface area (Å²) in [7, 11) is 0. The number of rotatable bonds is 2. The molecule has 1 aromatic carbocycles. The summed E-state index contributed by atoms with van der Waals surface area (Å²) < 4.78 is 0. The van der Waals surface area contributed by atoms with E-state index in [0.717, 1.165) is 5.56 Å². The van der Waals surface area contributed by atoms with Gasteiger partial charge in [-0.15, -0.1) is 0 Å². The lowest BCUT2D eigenvalue weighted by atomic mass is 10.0. The molecule has 0 bridgehead atoms. The molecule has 1 aliphatic carbocycles. The molecule has 1 aromatic rings. The standard InChI is InChI=1S/C14H14OS/c1-16-14-9-5-3-7-12(14)10-11-6-2-4-8-13(11)15/h2-10,14-15H,1H3. The van der Waals surface area contributed by atoms with E-state index in [4.69, 9.17) is 0 Å². The number of phenolic OH excluding ortho intramolecular Hbond substituents is 1. The number of aromatic hydroxyl groups is 1. The number of phenols is 1. The molecule has 2 rings (SSSR count). The van der Waals surface area contributed by atoms with Crippen LogP contribution in [0.2, 0.25) is 0 Å². The van der Waals surface area contributed by atoms with Gasteiger partial charge in [-0.3, -0.25) is 0 Å². The Morgan fingerprint density at radius 1 is 1.25 bits per heavy atom. The Morgan fingerprint density at radius 2 is 2.06 bits per heavy atom. The summed E-state index contributed by atoms with van der Waals surface area (Å²) >= 11 is 1.79. The smallest absolute Gasteiger partial charge is 0.122 e. The molecule has 0 aliphatic heterocycles. The van der Waals surface area contributed by atoms with Crippen molar-refractivity contribution in [3.63, 3.8) is 0 Å². The second-order valence-corrected chi connectivity index (χ2v) is 4.58. The third-order valence-electron chi connectivity index (χ3n) is 2.53. The zero-order valence-corrected chi connectivity index (χ0v) is 9.95. The van der Waals surface area contributed by atoms with Gasteiger partial charge in [0.25, 0.3) is 0 Å². The van der Waals surface area contributed by atoms with Crippen LogP contribution in [0, 0.1) is 0 Å². The number of hydrogen-bond acceptors (Lipinski definition) is 2. The molecule has 82 valence electrons. The van der Waals surface area contributed by atoms with E-state index in [2.05, 4.69) is 24.5 Å². The van der Waals surface area contributed by atoms with Crippen molar-refractivity contribution in [3.8, 4) is 5.75 Å². The lowest BCUT2D eigenvalue weighted by molar-refractivity contribution is 0.474. The van der Waals surface area contributed by atoms with Crippen LogP contribution in [-0.2, 0) is 0 Å². The molecule has 0 amide bonds. The normalized spacial score (nSPS) is 21.6. The number of hydrogen-bond donors (Lipinski definition) is 1. The Bertz CT molecular complexity index is 458. The van der Waals surface area contributed by atoms with Crippen LogP contribution >= 0.6 is 11.8 Å². The molecule has 2 heteroatoms. The Kier molecular flexibility index (Phi) is 3.52. The van der Waals surface area contributed by atoms with Gasteiger partial charge in [0.1, 0.15) is 5.75 Å². The van der Waals surface area contributed by atoms with E-state index >= 15 is 0 Å². The molecule has 1 unspecified atom stereocenters. The van der Waals surface area contributed by atoms with Gasteiger partial charge in [0, 0.05) is 10.8 Å². The predicted molar refractivity (Wildman–Crippen MR) is 71.7 cm³/mol. The maximum absolute atomic E-state index is 9.71. The van der Waals surface area contributed by atoms with Crippen molar-refractivity contribution in [2.75, 3.05) is 6.26 Å². The van der Waals surface area contributed by atoms with E-state index in [-0.39, 0.29) is 0 Å². The van der Waals surface area contributed by atoms with Crippen LogP contribution in [-0.4, -0.2) is 16.6 Å². The minimum atomic E-state index is 0.331. The molecule has 1 aliphatic rings. The quantitative estimate of drug-likeness (QED) is 0.837. The van der Waals surface area contributed by atoms with Crippen LogP contribution < -0.4 is 0 Å². The maximum atomic E-state index is 9.71. The molecule has 0 saturated carbocycles. The summed E-state index contributed by atoms with van der Waals surface area (Å²) in [4.78, 5) is 0. The van der Waals surface area contributed by atoms with Crippen LogP contribution in [0.25, 0.3) is 6.08 Å². The highest BCUT2D eigenvalue weighted by Crippen LogP contribution is 2.27. The monoisotopic (exact) mass is 230 g/mol. The molecular formula is C14H14OS. The molecule has 0 fully saturated rings. The van der Waals surface area contributed by atoms with E-state index in [1.165, 1.54) is 5.57 Å². The minimum Gasteiger partial charge on any atom is -0.507 e. The molecule has 16 heavy (non-hydrogen) atoms. The topological polar surface area (TPSA) is 20.2 Å². The maximum Gasteiger partial charge on any atom is 0.122 e. The summed E-state index contributed by atoms with van der Waals surface area (Å²) in [6.07, 6.45) is 12.5. The van der Waals surface area contributed by atoms with Gasteiger partial charge in [0.15, 0.2) is 0 Å². The molecule has 0 heterocycles. The average Bonchev–Trinajstić information content (AvgIpc) is 2.33. The van der Waals surface area contributed by atoms with Crippen LogP contribution in [0.1, 0.15) is 5.56 Å². The fourth-order valence-electron chi connectivity index (χ4n) is 1.67. The van der Waals surface area contributed by atoms with Crippen LogP contribution in [0.5, 0.6) is 5.75 Å². The van der Waals surface area contributed by atoms with Crippen LogP contribution in [0.3, 0.4) is 0 Å². The molecule has 1 atom stereocenters. The second kappa shape index (κ2) is 5.08. The van der Waals surface area contributed by atoms with Gasteiger partial charge < -0.3 is 5.11 Å². The van der Waals surface area contributed by atoms with Crippen LogP contribution in [0.15, 0.2) is 54.1 Å². The minimum absolute atomic E-state index is 0.331. The molecule has 0 saturated heterocycles. The summed E-state index contributed by atoms with van der Waals surface area (Å²) in [5, 5.41) is 10.1. The fraction of sp³-hybridized carbons (Fsp3) is 0.143. The molecule has 0 radical (unpaired) electrons. The van der Waals surface area contributed by atoms with E-state index < -0.39 is 0 Å². The molecular weight excluding hydrogens is 216 g/mol. The van der Waals surface area contributed by atoms with E-state index in [1.54, 1.807) is 17.8 Å². The third kappa shape index (κ3) is 2.39. The van der Waals surface area contributed by atoms with Crippen LogP contribution in [0.4, 0.5) is 0 Å². The zero-order chi connectivity index (χ0) is 11.4. The summed E-state index contributed by atoms with van der Waals surface area (Å²) in [5.74, 6) is 0.331. The van der Waals surface area contributed by atoms with Gasteiger partial charge in [0.05, 0.1) is 0 Å². The van der Waals surface area contributed by atoms with Crippen molar-refractivity contribution in [2.45, 2.75) is 5.25 Å². The van der Waals surface area contributed by atoms with Crippen molar-refractivity contribution < 1.29 is 5.11 Å². The predicted octanol–water partition coefficient (Wildman–Crippen LogP) is 3.63. The highest BCUT2D eigenvalue weighted by Gasteiger charge is 2.10. The van der Waals surface area contributed by atoms with E-state index in [0.29, 0.717) is 11.0 Å². The van der Waals surface area contributed by atoms with Gasteiger partial charge in [-0.05, 0) is 24.0 Å². The van der Waals surface area contributed by atoms with Gasteiger partial charge in [0.2, 0.25) is 0 Å². The zero-order valence-electron chi connectivity index (χ0n) is 9.13. The van der Waals surface area contributed by atoms with Gasteiger partial charge >= 0.3 is 0 Å². The Labute approximate surface area is 100 Å². The first-order chi connectivity index (χ1) is 7.81. The van der Waals surface area contributed by atoms with Gasteiger partial charge in [-0.1, -0.05) is 42.5 Å². The summed E-state index contributed by atoms with van der Waals surface area (Å²) in [6, 6.07) is 7.40. The van der Waals surface area contributed by atoms with E-state index in [1.807, 2.05) is 30.4 Å². The summed E-state index contributed by atoms with van der Waals surface area (Å²) in [5.41, 5.74) is 2.09. The molecule has 0 aromatic heterocycles.